The molecule has 2 aromatic rings. The van der Waals surface area contributed by atoms with Crippen LogP contribution in [-0.2, 0) is 6.42 Å². The van der Waals surface area contributed by atoms with E-state index in [1.807, 2.05) is 10.9 Å². The van der Waals surface area contributed by atoms with Gasteiger partial charge in [0.2, 0.25) is 0 Å². The Bertz CT molecular complexity index is 546. The van der Waals surface area contributed by atoms with Gasteiger partial charge in [-0.2, -0.15) is 5.10 Å². The molecule has 2 nitrogen and oxygen atoms in total. The van der Waals surface area contributed by atoms with Crippen molar-refractivity contribution in [2.24, 2.45) is 0 Å². The Labute approximate surface area is 130 Å². The van der Waals surface area contributed by atoms with Gasteiger partial charge in [-0.25, -0.2) is 4.39 Å². The zero-order valence-electron chi connectivity index (χ0n) is 12.6. The largest absolute Gasteiger partial charge is 0.269 e. The van der Waals surface area contributed by atoms with E-state index in [1.165, 1.54) is 12.1 Å². The Morgan fingerprint density at radius 2 is 1.81 bits per heavy atom. The Balaban J connectivity index is 2.10. The van der Waals surface area contributed by atoms with E-state index in [0.29, 0.717) is 11.9 Å². The number of aromatic nitrogens is 2. The van der Waals surface area contributed by atoms with Crippen LogP contribution >= 0.6 is 11.6 Å². The van der Waals surface area contributed by atoms with Crippen LogP contribution < -0.4 is 0 Å². The summed E-state index contributed by atoms with van der Waals surface area (Å²) >= 11 is 6.09. The molecule has 1 aromatic heterocycles. The number of hydrogen-bond acceptors (Lipinski definition) is 1. The molecule has 0 saturated heterocycles. The fourth-order valence-electron chi connectivity index (χ4n) is 2.60. The van der Waals surface area contributed by atoms with Crippen LogP contribution in [0.2, 0.25) is 0 Å². The maximum atomic E-state index is 13.0. The molecule has 0 aliphatic heterocycles. The molecule has 1 unspecified atom stereocenters. The summed E-state index contributed by atoms with van der Waals surface area (Å²) in [7, 11) is 0. The summed E-state index contributed by atoms with van der Waals surface area (Å²) in [5.41, 5.74) is 2.10. The van der Waals surface area contributed by atoms with Crippen molar-refractivity contribution in [1.82, 2.24) is 9.78 Å². The average Bonchev–Trinajstić information content (AvgIpc) is 2.96. The van der Waals surface area contributed by atoms with Gasteiger partial charge in [-0.15, -0.1) is 11.6 Å². The van der Waals surface area contributed by atoms with Gasteiger partial charge in [0.05, 0.1) is 11.7 Å². The molecule has 0 fully saturated rings. The van der Waals surface area contributed by atoms with Crippen molar-refractivity contribution in [3.63, 3.8) is 0 Å². The minimum Gasteiger partial charge on any atom is -0.269 e. The van der Waals surface area contributed by atoms with Gasteiger partial charge in [0.15, 0.2) is 0 Å². The minimum atomic E-state index is -0.218. The first kappa shape index (κ1) is 16.0. The van der Waals surface area contributed by atoms with E-state index in [0.717, 1.165) is 30.5 Å². The lowest BCUT2D eigenvalue weighted by Crippen LogP contribution is -2.09. The molecule has 0 saturated carbocycles. The first-order valence-electron chi connectivity index (χ1n) is 7.53. The van der Waals surface area contributed by atoms with E-state index in [-0.39, 0.29) is 11.7 Å². The predicted octanol–water partition coefficient (Wildman–Crippen LogP) is 4.95. The van der Waals surface area contributed by atoms with Crippen LogP contribution in [0.1, 0.15) is 49.9 Å². The molecule has 2 rings (SSSR count). The van der Waals surface area contributed by atoms with Gasteiger partial charge in [0, 0.05) is 18.0 Å². The SMILES string of the molecule is CCC(CC)n1ccc(CC(CCl)c2ccc(F)cc2)n1. The van der Waals surface area contributed by atoms with Gasteiger partial charge in [-0.3, -0.25) is 4.68 Å². The first-order chi connectivity index (χ1) is 10.2. The summed E-state index contributed by atoms with van der Waals surface area (Å²) in [5.74, 6) is 0.450. The summed E-state index contributed by atoms with van der Waals surface area (Å²) in [6.07, 6.45) is 4.98. The third-order valence-electron chi connectivity index (χ3n) is 3.96. The van der Waals surface area contributed by atoms with E-state index >= 15 is 0 Å². The van der Waals surface area contributed by atoms with Gasteiger partial charge < -0.3 is 0 Å². The van der Waals surface area contributed by atoms with Crippen molar-refractivity contribution in [2.45, 2.75) is 45.1 Å². The van der Waals surface area contributed by atoms with Crippen LogP contribution in [0, 0.1) is 5.82 Å². The maximum absolute atomic E-state index is 13.0. The molecule has 4 heteroatoms. The number of nitrogens with zero attached hydrogens (tertiary/aromatic N) is 2. The van der Waals surface area contributed by atoms with E-state index in [1.54, 1.807) is 12.1 Å². The lowest BCUT2D eigenvalue weighted by atomic mass is 9.96. The van der Waals surface area contributed by atoms with Crippen molar-refractivity contribution in [1.29, 1.82) is 0 Å². The van der Waals surface area contributed by atoms with Crippen LogP contribution in [0.5, 0.6) is 0 Å². The Hall–Kier alpha value is -1.35. The lowest BCUT2D eigenvalue weighted by Gasteiger charge is -2.14. The van der Waals surface area contributed by atoms with Gasteiger partial charge in [-0.1, -0.05) is 26.0 Å². The summed E-state index contributed by atoms with van der Waals surface area (Å²) in [5, 5.41) is 4.67. The predicted molar refractivity (Wildman–Crippen MR) is 85.4 cm³/mol. The fourth-order valence-corrected chi connectivity index (χ4v) is 2.89. The highest BCUT2D eigenvalue weighted by molar-refractivity contribution is 6.18. The number of hydrogen-bond donors (Lipinski definition) is 0. The first-order valence-corrected chi connectivity index (χ1v) is 8.06. The average molecular weight is 309 g/mol. The van der Waals surface area contributed by atoms with Crippen molar-refractivity contribution < 1.29 is 4.39 Å². The Morgan fingerprint density at radius 1 is 1.14 bits per heavy atom. The standard InChI is InChI=1S/C17H22ClFN2/c1-3-17(4-2)21-10-9-16(20-21)11-14(12-18)13-5-7-15(19)8-6-13/h5-10,14,17H,3-4,11-12H2,1-2H3. The molecular weight excluding hydrogens is 287 g/mol. The van der Waals surface area contributed by atoms with E-state index < -0.39 is 0 Å². The highest BCUT2D eigenvalue weighted by Crippen LogP contribution is 2.23. The fraction of sp³-hybridized carbons (Fsp3) is 0.471. The molecule has 0 bridgehead atoms. The van der Waals surface area contributed by atoms with E-state index in [9.17, 15) is 4.39 Å². The van der Waals surface area contributed by atoms with Crippen LogP contribution in [0.25, 0.3) is 0 Å². The third-order valence-corrected chi connectivity index (χ3v) is 4.34. The van der Waals surface area contributed by atoms with Crippen molar-refractivity contribution in [3.05, 3.63) is 53.6 Å². The molecule has 1 heterocycles. The smallest absolute Gasteiger partial charge is 0.123 e. The molecule has 0 N–H and O–H groups in total. The Morgan fingerprint density at radius 3 is 2.38 bits per heavy atom. The molecule has 0 spiro atoms. The second kappa shape index (κ2) is 7.60. The molecular formula is C17H22ClFN2. The summed E-state index contributed by atoms with van der Waals surface area (Å²) in [4.78, 5) is 0. The van der Waals surface area contributed by atoms with Crippen molar-refractivity contribution in [3.8, 4) is 0 Å². The molecule has 21 heavy (non-hydrogen) atoms. The third kappa shape index (κ3) is 4.07. The molecule has 0 amide bonds. The topological polar surface area (TPSA) is 17.8 Å². The molecule has 0 aliphatic rings. The van der Waals surface area contributed by atoms with Crippen molar-refractivity contribution in [2.75, 3.05) is 5.88 Å². The zero-order valence-corrected chi connectivity index (χ0v) is 13.4. The number of benzene rings is 1. The lowest BCUT2D eigenvalue weighted by molar-refractivity contribution is 0.424. The molecule has 0 radical (unpaired) electrons. The summed E-state index contributed by atoms with van der Waals surface area (Å²) < 4.78 is 15.0. The van der Waals surface area contributed by atoms with Crippen molar-refractivity contribution >= 4 is 11.6 Å². The van der Waals surface area contributed by atoms with Crippen LogP contribution in [-0.4, -0.2) is 15.7 Å². The monoisotopic (exact) mass is 308 g/mol. The normalized spacial score (nSPS) is 12.8. The molecule has 1 atom stereocenters. The highest BCUT2D eigenvalue weighted by Gasteiger charge is 2.14. The van der Waals surface area contributed by atoms with Crippen LogP contribution in [0.4, 0.5) is 4.39 Å². The summed E-state index contributed by atoms with van der Waals surface area (Å²) in [6, 6.07) is 9.09. The van der Waals surface area contributed by atoms with Gasteiger partial charge in [0.1, 0.15) is 5.82 Å². The highest BCUT2D eigenvalue weighted by atomic mass is 35.5. The second-order valence-electron chi connectivity index (χ2n) is 5.36. The minimum absolute atomic E-state index is 0.164. The van der Waals surface area contributed by atoms with Gasteiger partial charge in [-0.05, 0) is 43.0 Å². The van der Waals surface area contributed by atoms with Gasteiger partial charge >= 0.3 is 0 Å². The second-order valence-corrected chi connectivity index (χ2v) is 5.67. The zero-order chi connectivity index (χ0) is 15.2. The quantitative estimate of drug-likeness (QED) is 0.662. The Kier molecular flexibility index (Phi) is 5.80. The number of halogens is 2. The summed E-state index contributed by atoms with van der Waals surface area (Å²) in [6.45, 7) is 4.35. The molecule has 0 aliphatic carbocycles. The van der Waals surface area contributed by atoms with E-state index in [2.05, 4.69) is 25.0 Å². The molecule has 1 aromatic carbocycles. The number of rotatable bonds is 7. The van der Waals surface area contributed by atoms with Gasteiger partial charge in [0.25, 0.3) is 0 Å². The van der Waals surface area contributed by atoms with Crippen LogP contribution in [0.3, 0.4) is 0 Å². The molecule has 114 valence electrons. The van der Waals surface area contributed by atoms with E-state index in [4.69, 9.17) is 11.6 Å². The maximum Gasteiger partial charge on any atom is 0.123 e. The van der Waals surface area contributed by atoms with Crippen LogP contribution in [0.15, 0.2) is 36.5 Å². The number of alkyl halides is 1.